The first-order chi connectivity index (χ1) is 11.4. The molecule has 24 heavy (non-hydrogen) atoms. The summed E-state index contributed by atoms with van der Waals surface area (Å²) in [7, 11) is 0. The van der Waals surface area contributed by atoms with Crippen molar-refractivity contribution < 1.29 is 19.7 Å². The molecule has 0 saturated carbocycles. The number of aliphatic hydroxyl groups is 2. The van der Waals surface area contributed by atoms with E-state index in [1.807, 2.05) is 45.0 Å². The smallest absolute Gasteiger partial charge is 0.411 e. The first-order valence-electron chi connectivity index (χ1n) is 8.17. The van der Waals surface area contributed by atoms with Crippen LogP contribution in [-0.2, 0) is 4.74 Å². The lowest BCUT2D eigenvalue weighted by atomic mass is 9.71. The minimum absolute atomic E-state index is 0.123. The molecule has 0 saturated heterocycles. The zero-order chi connectivity index (χ0) is 17.2. The van der Waals surface area contributed by atoms with Crippen LogP contribution in [0.25, 0.3) is 0 Å². The van der Waals surface area contributed by atoms with Crippen LogP contribution in [0.4, 0.5) is 4.79 Å². The van der Waals surface area contributed by atoms with Crippen molar-refractivity contribution in [3.05, 3.63) is 57.7 Å². The lowest BCUT2D eigenvalue weighted by molar-refractivity contribution is 0.0189. The Kier molecular flexibility index (Phi) is 3.18. The van der Waals surface area contributed by atoms with Crippen molar-refractivity contribution in [2.24, 2.45) is 0 Å². The number of nitrogens with zero attached hydrogens (tertiary/aromatic N) is 1. The molecule has 5 heteroatoms. The van der Waals surface area contributed by atoms with E-state index in [9.17, 15) is 15.0 Å². The molecule has 0 spiro atoms. The lowest BCUT2D eigenvalue weighted by Crippen LogP contribution is -2.35. The fourth-order valence-electron chi connectivity index (χ4n) is 4.15. The quantitative estimate of drug-likeness (QED) is 0.876. The molecule has 3 aliphatic rings. The molecule has 1 aromatic carbocycles. The molecule has 126 valence electrons. The lowest BCUT2D eigenvalue weighted by Gasteiger charge is -2.32. The second-order valence-electron chi connectivity index (χ2n) is 7.42. The van der Waals surface area contributed by atoms with Crippen molar-refractivity contribution in [2.75, 3.05) is 13.2 Å². The molecule has 0 aromatic heterocycles. The Morgan fingerprint density at radius 3 is 1.88 bits per heavy atom. The normalized spacial score (nSPS) is 24.1. The third-order valence-corrected chi connectivity index (χ3v) is 4.91. The third-order valence-electron chi connectivity index (χ3n) is 4.91. The zero-order valence-electron chi connectivity index (χ0n) is 14.0. The monoisotopic (exact) mass is 327 g/mol. The number of amides is 1. The summed E-state index contributed by atoms with van der Waals surface area (Å²) in [5, 5.41) is 19.4. The van der Waals surface area contributed by atoms with Gasteiger partial charge < -0.3 is 14.9 Å². The minimum atomic E-state index is -0.577. The first-order valence-corrected chi connectivity index (χ1v) is 8.17. The van der Waals surface area contributed by atoms with Crippen molar-refractivity contribution in [3.63, 3.8) is 0 Å². The van der Waals surface area contributed by atoms with Gasteiger partial charge in [0.05, 0.1) is 25.3 Å². The van der Waals surface area contributed by atoms with Crippen molar-refractivity contribution in [1.29, 1.82) is 0 Å². The molecular formula is C19H21NO4. The van der Waals surface area contributed by atoms with Crippen LogP contribution >= 0.6 is 0 Å². The second-order valence-corrected chi connectivity index (χ2v) is 7.42. The molecule has 1 aromatic rings. The number of carbonyl (C=O) groups is 1. The number of ether oxygens (including phenoxy) is 1. The summed E-state index contributed by atoms with van der Waals surface area (Å²) < 4.78 is 5.61. The van der Waals surface area contributed by atoms with Crippen molar-refractivity contribution in [2.45, 2.75) is 38.5 Å². The van der Waals surface area contributed by atoms with E-state index >= 15 is 0 Å². The van der Waals surface area contributed by atoms with E-state index < -0.39 is 5.60 Å². The first kappa shape index (κ1) is 15.4. The Hall–Kier alpha value is -2.11. The van der Waals surface area contributed by atoms with Crippen LogP contribution < -0.4 is 0 Å². The summed E-state index contributed by atoms with van der Waals surface area (Å²) >= 11 is 0. The Balaban J connectivity index is 1.77. The van der Waals surface area contributed by atoms with Crippen LogP contribution in [0.15, 0.2) is 46.6 Å². The maximum Gasteiger partial charge on any atom is 0.411 e. The maximum atomic E-state index is 12.8. The number of rotatable bonds is 2. The van der Waals surface area contributed by atoms with Gasteiger partial charge in [-0.2, -0.15) is 0 Å². The average molecular weight is 327 g/mol. The van der Waals surface area contributed by atoms with Gasteiger partial charge in [0, 0.05) is 0 Å². The number of carbonyl (C=O) groups excluding carboxylic acids is 1. The predicted octanol–water partition coefficient (Wildman–Crippen LogP) is 2.62. The van der Waals surface area contributed by atoms with Gasteiger partial charge in [-0.25, -0.2) is 4.79 Å². The molecule has 2 heterocycles. The number of hydrogen-bond acceptors (Lipinski definition) is 4. The molecule has 2 N–H and O–H groups in total. The Morgan fingerprint density at radius 2 is 1.50 bits per heavy atom. The average Bonchev–Trinajstić information content (AvgIpc) is 2.95. The van der Waals surface area contributed by atoms with Crippen LogP contribution in [0.5, 0.6) is 0 Å². The minimum Gasteiger partial charge on any atom is -0.444 e. The molecule has 2 bridgehead atoms. The number of hydrogen-bond donors (Lipinski definition) is 2. The molecule has 0 fully saturated rings. The molecule has 2 atom stereocenters. The number of fused-ring (bicyclic) bond motifs is 7. The SMILES string of the molecule is CC(C)(C)OC(=O)N1C2C3=C(C(CO)=C3CO)C1c1ccccc12. The highest BCUT2D eigenvalue weighted by atomic mass is 16.6. The zero-order valence-corrected chi connectivity index (χ0v) is 14.0. The van der Waals surface area contributed by atoms with E-state index in [0.717, 1.165) is 33.4 Å². The number of aliphatic hydroxyl groups excluding tert-OH is 2. The van der Waals surface area contributed by atoms with Crippen LogP contribution in [-0.4, -0.2) is 40.0 Å². The number of benzene rings is 1. The van der Waals surface area contributed by atoms with E-state index in [4.69, 9.17) is 4.74 Å². The van der Waals surface area contributed by atoms with Gasteiger partial charge in [-0.15, -0.1) is 0 Å². The summed E-state index contributed by atoms with van der Waals surface area (Å²) in [6.45, 7) is 5.30. The molecule has 4 rings (SSSR count). The maximum absolute atomic E-state index is 12.8. The fraction of sp³-hybridized carbons (Fsp3) is 0.421. The molecule has 1 aliphatic carbocycles. The third kappa shape index (κ3) is 1.85. The van der Waals surface area contributed by atoms with Crippen LogP contribution in [0.3, 0.4) is 0 Å². The van der Waals surface area contributed by atoms with Gasteiger partial charge in [-0.05, 0) is 54.2 Å². The van der Waals surface area contributed by atoms with Crippen LogP contribution in [0.2, 0.25) is 0 Å². The Labute approximate surface area is 140 Å². The van der Waals surface area contributed by atoms with E-state index in [2.05, 4.69) is 0 Å². The van der Waals surface area contributed by atoms with Crippen LogP contribution in [0, 0.1) is 0 Å². The van der Waals surface area contributed by atoms with Crippen molar-refractivity contribution in [1.82, 2.24) is 4.90 Å². The van der Waals surface area contributed by atoms with E-state index in [1.54, 1.807) is 4.90 Å². The van der Waals surface area contributed by atoms with E-state index in [0.29, 0.717) is 0 Å². The summed E-state index contributed by atoms with van der Waals surface area (Å²) in [4.78, 5) is 14.6. The molecule has 5 nitrogen and oxygen atoms in total. The highest BCUT2D eigenvalue weighted by Crippen LogP contribution is 2.64. The van der Waals surface area contributed by atoms with Gasteiger partial charge in [0.25, 0.3) is 0 Å². The van der Waals surface area contributed by atoms with Gasteiger partial charge in [-0.1, -0.05) is 24.3 Å². The summed E-state index contributed by atoms with van der Waals surface area (Å²) in [5.74, 6) is 0. The Bertz CT molecular complexity index is 749. The predicted molar refractivity (Wildman–Crippen MR) is 88.2 cm³/mol. The van der Waals surface area contributed by atoms with Gasteiger partial charge in [0.15, 0.2) is 0 Å². The van der Waals surface area contributed by atoms with Gasteiger partial charge in [0.1, 0.15) is 5.60 Å². The van der Waals surface area contributed by atoms with E-state index in [1.165, 1.54) is 0 Å². The molecule has 2 unspecified atom stereocenters. The summed E-state index contributed by atoms with van der Waals surface area (Å²) in [6, 6.07) is 7.50. The molecular weight excluding hydrogens is 306 g/mol. The highest BCUT2D eigenvalue weighted by Gasteiger charge is 2.57. The standard InChI is InChI=1S/C19H21NO4/c1-19(2,3)24-18(23)20-16-10-6-4-5-7-11(10)17(20)15-13(9-22)12(8-21)14(15)16/h4-7,16-17,21-22H,8-9H2,1-3H3. The highest BCUT2D eigenvalue weighted by molar-refractivity contribution is 5.82. The molecule has 1 amide bonds. The Morgan fingerprint density at radius 1 is 1.04 bits per heavy atom. The topological polar surface area (TPSA) is 70.0 Å². The summed E-state index contributed by atoms with van der Waals surface area (Å²) in [5.41, 5.74) is 5.08. The van der Waals surface area contributed by atoms with Crippen molar-refractivity contribution >= 4 is 6.09 Å². The largest absolute Gasteiger partial charge is 0.444 e. The van der Waals surface area contributed by atoms with Gasteiger partial charge in [0.2, 0.25) is 0 Å². The van der Waals surface area contributed by atoms with Crippen LogP contribution in [0.1, 0.15) is 44.0 Å². The molecule has 0 radical (unpaired) electrons. The fourth-order valence-corrected chi connectivity index (χ4v) is 4.15. The van der Waals surface area contributed by atoms with Crippen molar-refractivity contribution in [3.8, 4) is 0 Å². The molecule has 2 aliphatic heterocycles. The van der Waals surface area contributed by atoms with Gasteiger partial charge in [-0.3, -0.25) is 4.90 Å². The summed E-state index contributed by atoms with van der Waals surface area (Å²) in [6.07, 6.45) is -0.363. The van der Waals surface area contributed by atoms with Gasteiger partial charge >= 0.3 is 6.09 Å². The second kappa shape index (κ2) is 4.94. The van der Waals surface area contributed by atoms with E-state index in [-0.39, 0.29) is 31.4 Å².